The van der Waals surface area contributed by atoms with Crippen LogP contribution >= 0.6 is 11.8 Å². The molecular formula is C27H26N2O7S2. The number of carbonyl (C=O) groups excluding carboxylic acids is 2. The van der Waals surface area contributed by atoms with Crippen LogP contribution < -0.4 is 20.1 Å². The SMILES string of the molecule is COC(=O)CNc1ccc(/C=C2\Sc3ccc(S(=O)(=O)Cc4c(OC)cccc4OC)cc3NC2=O)cc1. The fraction of sp³-hybridized carbons (Fsp3) is 0.185. The molecule has 1 amide bonds. The van der Waals surface area contributed by atoms with Crippen LogP contribution in [0.5, 0.6) is 11.5 Å². The van der Waals surface area contributed by atoms with Gasteiger partial charge in [-0.25, -0.2) is 8.42 Å². The molecule has 38 heavy (non-hydrogen) atoms. The molecule has 9 nitrogen and oxygen atoms in total. The number of hydrogen-bond acceptors (Lipinski definition) is 9. The lowest BCUT2D eigenvalue weighted by molar-refractivity contribution is -0.138. The number of carbonyl (C=O) groups is 2. The molecule has 0 atom stereocenters. The summed E-state index contributed by atoms with van der Waals surface area (Å²) in [6.07, 6.45) is 1.74. The number of amides is 1. The molecule has 2 N–H and O–H groups in total. The summed E-state index contributed by atoms with van der Waals surface area (Å²) in [5.74, 6) is -0.207. The number of rotatable bonds is 9. The molecule has 0 radical (unpaired) electrons. The van der Waals surface area contributed by atoms with Crippen molar-refractivity contribution in [2.75, 3.05) is 38.5 Å². The third-order valence-corrected chi connectivity index (χ3v) is 8.48. The highest BCUT2D eigenvalue weighted by Crippen LogP contribution is 2.41. The second-order valence-corrected chi connectivity index (χ2v) is 11.2. The van der Waals surface area contributed by atoms with Gasteiger partial charge in [-0.05, 0) is 54.1 Å². The second kappa shape index (κ2) is 11.6. The molecule has 0 spiro atoms. The van der Waals surface area contributed by atoms with E-state index in [1.54, 1.807) is 42.5 Å². The van der Waals surface area contributed by atoms with Crippen LogP contribution in [0.1, 0.15) is 11.1 Å². The third-order valence-electron chi connectivity index (χ3n) is 5.74. The van der Waals surface area contributed by atoms with E-state index in [0.717, 1.165) is 16.1 Å². The Hall–Kier alpha value is -3.96. The Bertz CT molecular complexity index is 1480. The average molecular weight is 555 g/mol. The lowest BCUT2D eigenvalue weighted by Gasteiger charge is -2.20. The van der Waals surface area contributed by atoms with Crippen molar-refractivity contribution in [2.24, 2.45) is 0 Å². The smallest absolute Gasteiger partial charge is 0.325 e. The molecule has 0 aromatic heterocycles. The molecule has 0 aliphatic carbocycles. The van der Waals surface area contributed by atoms with E-state index < -0.39 is 9.84 Å². The summed E-state index contributed by atoms with van der Waals surface area (Å²) < 4.78 is 41.8. The Labute approximate surface area is 225 Å². The van der Waals surface area contributed by atoms with E-state index in [0.29, 0.717) is 27.7 Å². The van der Waals surface area contributed by atoms with Gasteiger partial charge in [0.25, 0.3) is 5.91 Å². The van der Waals surface area contributed by atoms with Gasteiger partial charge in [-0.1, -0.05) is 30.0 Å². The first-order valence-electron chi connectivity index (χ1n) is 11.4. The lowest BCUT2D eigenvalue weighted by Crippen LogP contribution is -2.18. The maximum atomic E-state index is 13.3. The quantitative estimate of drug-likeness (QED) is 0.294. The number of ether oxygens (including phenoxy) is 3. The van der Waals surface area contributed by atoms with Gasteiger partial charge in [0.2, 0.25) is 0 Å². The van der Waals surface area contributed by atoms with Crippen molar-refractivity contribution in [2.45, 2.75) is 15.5 Å². The lowest BCUT2D eigenvalue weighted by atomic mass is 10.2. The Morgan fingerprint density at radius 1 is 1.00 bits per heavy atom. The predicted octanol–water partition coefficient (Wildman–Crippen LogP) is 4.35. The number of hydrogen-bond donors (Lipinski definition) is 2. The zero-order chi connectivity index (χ0) is 27.3. The van der Waals surface area contributed by atoms with Gasteiger partial charge >= 0.3 is 5.97 Å². The van der Waals surface area contributed by atoms with Gasteiger partial charge in [-0.15, -0.1) is 0 Å². The topological polar surface area (TPSA) is 120 Å². The first-order chi connectivity index (χ1) is 18.2. The third kappa shape index (κ3) is 6.12. The van der Waals surface area contributed by atoms with Crippen LogP contribution in [-0.2, 0) is 29.9 Å². The summed E-state index contributed by atoms with van der Waals surface area (Å²) in [5, 5.41) is 5.75. The molecule has 0 saturated carbocycles. The van der Waals surface area contributed by atoms with Crippen molar-refractivity contribution in [3.63, 3.8) is 0 Å². The molecule has 1 aliphatic heterocycles. The van der Waals surface area contributed by atoms with E-state index >= 15 is 0 Å². The summed E-state index contributed by atoms with van der Waals surface area (Å²) in [7, 11) is 0.486. The summed E-state index contributed by atoms with van der Waals surface area (Å²) in [6, 6.07) is 17.0. The first-order valence-corrected chi connectivity index (χ1v) is 13.9. The van der Waals surface area contributed by atoms with E-state index in [1.807, 2.05) is 12.1 Å². The molecule has 1 aliphatic rings. The van der Waals surface area contributed by atoms with Crippen LogP contribution in [0, 0.1) is 0 Å². The molecule has 3 aromatic carbocycles. The normalized spacial score (nSPS) is 13.9. The number of nitrogens with one attached hydrogen (secondary N) is 2. The molecule has 0 fully saturated rings. The summed E-state index contributed by atoms with van der Waals surface area (Å²) >= 11 is 1.25. The molecule has 1 heterocycles. The standard InChI is InChI=1S/C27H26N2O7S2/c1-34-22-5-4-6-23(35-2)20(22)16-38(32,33)19-11-12-24-21(14-19)29-27(31)25(37-24)13-17-7-9-18(10-8-17)28-15-26(30)36-3/h4-14,28H,15-16H2,1-3H3,(H,29,31)/b25-13-. The monoisotopic (exact) mass is 554 g/mol. The Morgan fingerprint density at radius 3 is 2.32 bits per heavy atom. The fourth-order valence-corrected chi connectivity index (χ4v) is 6.11. The summed E-state index contributed by atoms with van der Waals surface area (Å²) in [6.45, 7) is 0.0517. The zero-order valence-electron chi connectivity index (χ0n) is 20.9. The first kappa shape index (κ1) is 27.1. The Morgan fingerprint density at radius 2 is 1.68 bits per heavy atom. The molecule has 0 bridgehead atoms. The number of thioether (sulfide) groups is 1. The van der Waals surface area contributed by atoms with E-state index in [9.17, 15) is 18.0 Å². The highest BCUT2D eigenvalue weighted by Gasteiger charge is 2.26. The van der Waals surface area contributed by atoms with Gasteiger partial charge in [-0.2, -0.15) is 0 Å². The van der Waals surface area contributed by atoms with Crippen LogP contribution in [-0.4, -0.2) is 48.2 Å². The van der Waals surface area contributed by atoms with Gasteiger partial charge in [0, 0.05) is 10.6 Å². The fourth-order valence-electron chi connectivity index (χ4n) is 3.77. The minimum atomic E-state index is -3.78. The summed E-state index contributed by atoms with van der Waals surface area (Å²) in [5.41, 5.74) is 2.38. The maximum Gasteiger partial charge on any atom is 0.325 e. The highest BCUT2D eigenvalue weighted by atomic mass is 32.2. The molecule has 3 aromatic rings. The minimum absolute atomic E-state index is 0.0517. The number of methoxy groups -OCH3 is 3. The molecule has 11 heteroatoms. The van der Waals surface area contributed by atoms with Crippen molar-refractivity contribution in [3.05, 3.63) is 76.7 Å². The molecule has 0 saturated heterocycles. The Balaban J connectivity index is 1.52. The predicted molar refractivity (Wildman–Crippen MR) is 146 cm³/mol. The maximum absolute atomic E-state index is 13.3. The number of anilines is 2. The van der Waals surface area contributed by atoms with Crippen molar-refractivity contribution in [3.8, 4) is 11.5 Å². The minimum Gasteiger partial charge on any atom is -0.496 e. The van der Waals surface area contributed by atoms with Crippen LogP contribution in [0.4, 0.5) is 11.4 Å². The van der Waals surface area contributed by atoms with Crippen molar-refractivity contribution in [1.82, 2.24) is 0 Å². The number of esters is 1. The van der Waals surface area contributed by atoms with Gasteiger partial charge in [0.05, 0.1) is 48.1 Å². The molecule has 0 unspecified atom stereocenters. The van der Waals surface area contributed by atoms with Gasteiger partial charge in [0.15, 0.2) is 9.84 Å². The number of fused-ring (bicyclic) bond motifs is 1. The number of sulfone groups is 1. The van der Waals surface area contributed by atoms with Crippen molar-refractivity contribution < 1.29 is 32.2 Å². The van der Waals surface area contributed by atoms with Gasteiger partial charge < -0.3 is 24.8 Å². The highest BCUT2D eigenvalue weighted by molar-refractivity contribution is 8.04. The molecule has 4 rings (SSSR count). The van der Waals surface area contributed by atoms with E-state index in [2.05, 4.69) is 15.4 Å². The number of benzene rings is 3. The van der Waals surface area contributed by atoms with Crippen LogP contribution in [0.15, 0.2) is 75.4 Å². The van der Waals surface area contributed by atoms with E-state index in [1.165, 1.54) is 45.2 Å². The van der Waals surface area contributed by atoms with Crippen molar-refractivity contribution in [1.29, 1.82) is 0 Å². The zero-order valence-corrected chi connectivity index (χ0v) is 22.6. The van der Waals surface area contributed by atoms with E-state index in [4.69, 9.17) is 9.47 Å². The Kier molecular flexibility index (Phi) is 8.28. The summed E-state index contributed by atoms with van der Waals surface area (Å²) in [4.78, 5) is 25.3. The van der Waals surface area contributed by atoms with E-state index in [-0.39, 0.29) is 29.1 Å². The van der Waals surface area contributed by atoms with Crippen molar-refractivity contribution >= 4 is 50.9 Å². The largest absolute Gasteiger partial charge is 0.496 e. The second-order valence-electron chi connectivity index (χ2n) is 8.17. The van der Waals surface area contributed by atoms with Crippen LogP contribution in [0.2, 0.25) is 0 Å². The average Bonchev–Trinajstić information content (AvgIpc) is 2.92. The van der Waals surface area contributed by atoms with Crippen LogP contribution in [0.3, 0.4) is 0 Å². The van der Waals surface area contributed by atoms with Crippen LogP contribution in [0.25, 0.3) is 6.08 Å². The van der Waals surface area contributed by atoms with Gasteiger partial charge in [0.1, 0.15) is 18.0 Å². The molecule has 198 valence electrons. The molecular weight excluding hydrogens is 528 g/mol. The van der Waals surface area contributed by atoms with Gasteiger partial charge in [-0.3, -0.25) is 9.59 Å².